The smallest absolute Gasteiger partial charge is 0.337 e. The van der Waals surface area contributed by atoms with Gasteiger partial charge in [-0.25, -0.2) is 14.6 Å². The number of imidazole rings is 1. The van der Waals surface area contributed by atoms with Gasteiger partial charge in [0.15, 0.2) is 11.1 Å². The molecule has 0 aliphatic heterocycles. The topological polar surface area (TPSA) is 138 Å². The van der Waals surface area contributed by atoms with Crippen LogP contribution in [-0.4, -0.2) is 48.8 Å². The number of methoxy groups -OCH3 is 1. The number of nitrogens with one attached hydrogen (secondary N) is 2. The van der Waals surface area contributed by atoms with Gasteiger partial charge in [0, 0.05) is 16.8 Å². The number of aromatic nitrogens is 5. The molecule has 0 amide bonds. The standard InChI is InChI=1S/C21H18N6O4/c1-31-20(29)12-4-2-3-11(7-12)15-9-17(23-14-5-6-14)27-18(24-15)13(10-22-27)8-16-19(28)26-21(30)25-16/h2-4,7-10,14,28H,5-6H2,1H3,(H2,25,26,30)/b13-8+,23-17?. The van der Waals surface area contributed by atoms with Crippen LogP contribution in [0.15, 0.2) is 46.3 Å². The van der Waals surface area contributed by atoms with Crippen LogP contribution in [0.5, 0.6) is 5.88 Å². The summed E-state index contributed by atoms with van der Waals surface area (Å²) in [4.78, 5) is 37.7. The van der Waals surface area contributed by atoms with E-state index in [4.69, 9.17) is 14.7 Å². The Labute approximate surface area is 174 Å². The van der Waals surface area contributed by atoms with Crippen LogP contribution in [0, 0.1) is 0 Å². The molecule has 1 aromatic carbocycles. The molecule has 0 atom stereocenters. The second-order valence-corrected chi connectivity index (χ2v) is 7.25. The summed E-state index contributed by atoms with van der Waals surface area (Å²) in [6, 6.07) is 9.07. The number of hydrogen-bond acceptors (Lipinski definition) is 7. The zero-order valence-corrected chi connectivity index (χ0v) is 16.5. The first-order valence-electron chi connectivity index (χ1n) is 9.66. The van der Waals surface area contributed by atoms with Gasteiger partial charge in [0.2, 0.25) is 5.88 Å². The summed E-state index contributed by atoms with van der Waals surface area (Å²) >= 11 is 0. The van der Waals surface area contributed by atoms with Crippen molar-refractivity contribution in [3.05, 3.63) is 69.0 Å². The van der Waals surface area contributed by atoms with E-state index in [1.54, 1.807) is 35.0 Å². The van der Waals surface area contributed by atoms with Gasteiger partial charge < -0.3 is 14.8 Å². The lowest BCUT2D eigenvalue weighted by Crippen LogP contribution is -2.19. The predicted octanol–water partition coefficient (Wildman–Crippen LogP) is 0.516. The molecule has 10 nitrogen and oxygen atoms in total. The lowest BCUT2D eigenvalue weighted by atomic mass is 10.1. The number of aromatic hydroxyl groups is 1. The largest absolute Gasteiger partial charge is 0.493 e. The molecule has 0 unspecified atom stereocenters. The Balaban J connectivity index is 1.74. The fourth-order valence-corrected chi connectivity index (χ4v) is 3.27. The highest BCUT2D eigenvalue weighted by Crippen LogP contribution is 2.23. The van der Waals surface area contributed by atoms with Gasteiger partial charge in [-0.3, -0.25) is 9.98 Å². The summed E-state index contributed by atoms with van der Waals surface area (Å²) < 4.78 is 6.44. The van der Waals surface area contributed by atoms with Gasteiger partial charge in [-0.2, -0.15) is 9.61 Å². The van der Waals surface area contributed by atoms with Crippen molar-refractivity contribution in [2.75, 3.05) is 7.11 Å². The second kappa shape index (κ2) is 7.24. The fraction of sp³-hybridized carbons (Fsp3) is 0.190. The van der Waals surface area contributed by atoms with Crippen LogP contribution in [0.25, 0.3) is 23.0 Å². The molecule has 5 rings (SSSR count). The van der Waals surface area contributed by atoms with E-state index in [1.165, 1.54) is 7.11 Å². The van der Waals surface area contributed by atoms with E-state index in [9.17, 15) is 14.7 Å². The first-order valence-corrected chi connectivity index (χ1v) is 9.66. The molecule has 0 bridgehead atoms. The minimum atomic E-state index is -0.516. The third kappa shape index (κ3) is 3.59. The lowest BCUT2D eigenvalue weighted by Gasteiger charge is -2.05. The number of fused-ring (bicyclic) bond motifs is 1. The first-order chi connectivity index (χ1) is 15.0. The van der Waals surface area contributed by atoms with Gasteiger partial charge in [0.25, 0.3) is 0 Å². The summed E-state index contributed by atoms with van der Waals surface area (Å²) in [7, 11) is 1.33. The minimum absolute atomic E-state index is 0.223. The number of ether oxygens (including phenoxy) is 1. The van der Waals surface area contributed by atoms with Crippen LogP contribution >= 0.6 is 0 Å². The first kappa shape index (κ1) is 18.8. The molecule has 156 valence electrons. The molecular formula is C21H18N6O4. The van der Waals surface area contributed by atoms with E-state index in [0.717, 1.165) is 18.4 Å². The van der Waals surface area contributed by atoms with Crippen molar-refractivity contribution >= 4 is 17.7 Å². The summed E-state index contributed by atoms with van der Waals surface area (Å²) in [5.74, 6) is -0.703. The quantitative estimate of drug-likeness (QED) is 0.413. The molecule has 3 N–H and O–H groups in total. The lowest BCUT2D eigenvalue weighted by molar-refractivity contribution is 0.0601. The number of carbonyl (C=O) groups excluding carboxylic acids is 1. The Morgan fingerprint density at radius 2 is 2.16 bits per heavy atom. The molecule has 31 heavy (non-hydrogen) atoms. The molecule has 1 fully saturated rings. The third-order valence-electron chi connectivity index (χ3n) is 4.96. The molecule has 3 aromatic heterocycles. The molecule has 0 spiro atoms. The highest BCUT2D eigenvalue weighted by atomic mass is 16.5. The van der Waals surface area contributed by atoms with Gasteiger partial charge in [-0.05, 0) is 31.1 Å². The number of H-pyrrole nitrogens is 2. The molecule has 4 aromatic rings. The predicted molar refractivity (Wildman–Crippen MR) is 110 cm³/mol. The minimum Gasteiger partial charge on any atom is -0.493 e. The Morgan fingerprint density at radius 3 is 2.87 bits per heavy atom. The number of carbonyl (C=O) groups is 1. The molecule has 1 saturated carbocycles. The summed E-state index contributed by atoms with van der Waals surface area (Å²) in [5.41, 5.74) is 2.59. The van der Waals surface area contributed by atoms with Crippen molar-refractivity contribution in [1.29, 1.82) is 0 Å². The fourth-order valence-electron chi connectivity index (χ4n) is 3.27. The van der Waals surface area contributed by atoms with Crippen LogP contribution in [0.3, 0.4) is 0 Å². The Morgan fingerprint density at radius 1 is 1.32 bits per heavy atom. The molecule has 0 saturated heterocycles. The number of rotatable bonds is 4. The van der Waals surface area contributed by atoms with Gasteiger partial charge in [-0.15, -0.1) is 0 Å². The van der Waals surface area contributed by atoms with Crippen LogP contribution < -0.4 is 16.4 Å². The molecular weight excluding hydrogens is 400 g/mol. The Bertz CT molecular complexity index is 1490. The van der Waals surface area contributed by atoms with E-state index in [0.29, 0.717) is 27.6 Å². The maximum Gasteiger partial charge on any atom is 0.337 e. The summed E-state index contributed by atoms with van der Waals surface area (Å²) in [5, 5.41) is 14.9. The second-order valence-electron chi connectivity index (χ2n) is 7.25. The number of aromatic amines is 2. The van der Waals surface area contributed by atoms with E-state index in [-0.39, 0.29) is 17.6 Å². The van der Waals surface area contributed by atoms with Crippen molar-refractivity contribution in [1.82, 2.24) is 24.6 Å². The zero-order chi connectivity index (χ0) is 21.5. The molecule has 1 aliphatic rings. The maximum atomic E-state index is 11.9. The number of nitrogens with zero attached hydrogens (tertiary/aromatic N) is 4. The van der Waals surface area contributed by atoms with Crippen LogP contribution in [-0.2, 0) is 4.74 Å². The number of esters is 1. The van der Waals surface area contributed by atoms with E-state index < -0.39 is 11.7 Å². The molecule has 0 radical (unpaired) electrons. The third-order valence-corrected chi connectivity index (χ3v) is 4.96. The number of benzene rings is 1. The van der Waals surface area contributed by atoms with Gasteiger partial charge in [0.05, 0.1) is 30.6 Å². The highest BCUT2D eigenvalue weighted by molar-refractivity contribution is 5.90. The van der Waals surface area contributed by atoms with Crippen LogP contribution in [0.2, 0.25) is 0 Å². The number of hydrogen-bond donors (Lipinski definition) is 3. The monoisotopic (exact) mass is 418 g/mol. The van der Waals surface area contributed by atoms with Crippen molar-refractivity contribution in [2.45, 2.75) is 18.9 Å². The van der Waals surface area contributed by atoms with E-state index >= 15 is 0 Å². The summed E-state index contributed by atoms with van der Waals surface area (Å²) in [6.07, 6.45) is 5.22. The van der Waals surface area contributed by atoms with Gasteiger partial charge in [-0.1, -0.05) is 12.1 Å². The normalized spacial score (nSPS) is 15.0. The zero-order valence-electron chi connectivity index (χ0n) is 16.5. The van der Waals surface area contributed by atoms with Gasteiger partial charge in [0.1, 0.15) is 5.69 Å². The van der Waals surface area contributed by atoms with E-state index in [1.807, 2.05) is 12.1 Å². The van der Waals surface area contributed by atoms with E-state index in [2.05, 4.69) is 15.1 Å². The molecule has 3 heterocycles. The van der Waals surface area contributed by atoms with Crippen molar-refractivity contribution < 1.29 is 14.6 Å². The average molecular weight is 418 g/mol. The SMILES string of the molecule is COC(=O)c1cccc(-c2cc(=NC3CC3)n3nc/c(=C\c4[nH]c(=O)[nH]c4O)c3n2)c1. The molecule has 1 aliphatic carbocycles. The van der Waals surface area contributed by atoms with Crippen molar-refractivity contribution in [2.24, 2.45) is 4.99 Å². The average Bonchev–Trinajstić information content (AvgIpc) is 3.41. The van der Waals surface area contributed by atoms with Crippen molar-refractivity contribution in [3.63, 3.8) is 0 Å². The summed E-state index contributed by atoms with van der Waals surface area (Å²) in [6.45, 7) is 0. The Hall–Kier alpha value is -4.21. The van der Waals surface area contributed by atoms with Crippen molar-refractivity contribution in [3.8, 4) is 17.1 Å². The highest BCUT2D eigenvalue weighted by Gasteiger charge is 2.20. The Kier molecular flexibility index (Phi) is 4.39. The van der Waals surface area contributed by atoms with Crippen LogP contribution in [0.4, 0.5) is 0 Å². The molecule has 10 heteroatoms. The van der Waals surface area contributed by atoms with Gasteiger partial charge >= 0.3 is 11.7 Å². The van der Waals surface area contributed by atoms with Crippen LogP contribution in [0.1, 0.15) is 28.9 Å². The maximum absolute atomic E-state index is 11.9.